The van der Waals surface area contributed by atoms with E-state index in [9.17, 15) is 9.59 Å². The van der Waals surface area contributed by atoms with Crippen molar-refractivity contribution in [3.8, 4) is 17.2 Å². The maximum absolute atomic E-state index is 11.5. The summed E-state index contributed by atoms with van der Waals surface area (Å²) in [6, 6.07) is 3.35. The second-order valence-electron chi connectivity index (χ2n) is 4.97. The minimum absolute atomic E-state index is 0.0916. The van der Waals surface area contributed by atoms with Crippen LogP contribution in [0.15, 0.2) is 12.1 Å². The van der Waals surface area contributed by atoms with E-state index in [1.807, 2.05) is 0 Å². The fourth-order valence-corrected chi connectivity index (χ4v) is 1.98. The zero-order valence-corrected chi connectivity index (χ0v) is 12.0. The van der Waals surface area contributed by atoms with Crippen molar-refractivity contribution in [2.24, 2.45) is 0 Å². The summed E-state index contributed by atoms with van der Waals surface area (Å²) in [5, 5.41) is 8.60. The molecule has 0 aliphatic carbocycles. The molecule has 1 N–H and O–H groups in total. The Balaban J connectivity index is 2.27. The monoisotopic (exact) mass is 296 g/mol. The number of carbonyl (C=O) groups excluding carboxylic acids is 1. The van der Waals surface area contributed by atoms with Gasteiger partial charge in [0, 0.05) is 5.56 Å². The Bertz CT molecular complexity index is 577. The zero-order chi connectivity index (χ0) is 15.6. The zero-order valence-electron chi connectivity index (χ0n) is 12.0. The van der Waals surface area contributed by atoms with Crippen LogP contribution in [0.3, 0.4) is 0 Å². The second-order valence-corrected chi connectivity index (χ2v) is 4.97. The van der Waals surface area contributed by atoms with Crippen LogP contribution in [0.2, 0.25) is 0 Å². The molecule has 7 nitrogen and oxygen atoms in total. The molecule has 0 radical (unpaired) electrons. The van der Waals surface area contributed by atoms with Crippen LogP contribution >= 0.6 is 0 Å². The Morgan fingerprint density at radius 1 is 1.33 bits per heavy atom. The summed E-state index contributed by atoms with van der Waals surface area (Å²) in [5.41, 5.74) is -0.414. The molecule has 0 amide bonds. The van der Waals surface area contributed by atoms with E-state index in [1.54, 1.807) is 26.0 Å². The lowest BCUT2D eigenvalue weighted by Gasteiger charge is -2.26. The Morgan fingerprint density at radius 3 is 2.67 bits per heavy atom. The van der Waals surface area contributed by atoms with Gasteiger partial charge in [0.15, 0.2) is 11.5 Å². The van der Waals surface area contributed by atoms with Gasteiger partial charge in [0.2, 0.25) is 12.5 Å². The van der Waals surface area contributed by atoms with Crippen LogP contribution in [0, 0.1) is 0 Å². The van der Waals surface area contributed by atoms with Gasteiger partial charge in [-0.1, -0.05) is 0 Å². The Morgan fingerprint density at radius 2 is 2.05 bits per heavy atom. The van der Waals surface area contributed by atoms with Crippen molar-refractivity contribution in [2.45, 2.75) is 25.9 Å². The van der Waals surface area contributed by atoms with Gasteiger partial charge in [-0.2, -0.15) is 0 Å². The summed E-state index contributed by atoms with van der Waals surface area (Å²) in [7, 11) is 1.49. The molecular formula is C14H16O7. The fraction of sp³-hybridized carbons (Fsp3) is 0.429. The molecule has 1 aromatic carbocycles. The number of methoxy groups -OCH3 is 1. The number of benzene rings is 1. The predicted molar refractivity (Wildman–Crippen MR) is 70.5 cm³/mol. The molecule has 1 aromatic rings. The first-order valence-electron chi connectivity index (χ1n) is 6.25. The highest BCUT2D eigenvalue weighted by atomic mass is 16.7. The van der Waals surface area contributed by atoms with Crippen molar-refractivity contribution in [1.29, 1.82) is 0 Å². The lowest BCUT2D eigenvalue weighted by Crippen LogP contribution is -2.26. The van der Waals surface area contributed by atoms with E-state index in [0.717, 1.165) is 0 Å². The molecule has 1 heterocycles. The number of hydrogen-bond acceptors (Lipinski definition) is 6. The van der Waals surface area contributed by atoms with E-state index >= 15 is 0 Å². The topological polar surface area (TPSA) is 91.3 Å². The van der Waals surface area contributed by atoms with Gasteiger partial charge < -0.3 is 24.1 Å². The molecule has 0 atom stereocenters. The molecule has 0 fully saturated rings. The number of fused-ring (bicyclic) bond motifs is 1. The molecule has 0 saturated carbocycles. The highest BCUT2D eigenvalue weighted by molar-refractivity contribution is 5.90. The lowest BCUT2D eigenvalue weighted by atomic mass is 9.97. The predicted octanol–water partition coefficient (Wildman–Crippen LogP) is 1.68. The van der Waals surface area contributed by atoms with Gasteiger partial charge in [0.1, 0.15) is 12.0 Å². The van der Waals surface area contributed by atoms with Crippen molar-refractivity contribution in [3.05, 3.63) is 17.7 Å². The average molecular weight is 296 g/mol. The third-order valence-corrected chi connectivity index (χ3v) is 3.02. The minimum Gasteiger partial charge on any atom is -0.493 e. The number of aliphatic carboxylic acids is 1. The number of carboxylic acids is 1. The summed E-state index contributed by atoms with van der Waals surface area (Å²) in [4.78, 5) is 22.1. The highest BCUT2D eigenvalue weighted by Crippen LogP contribution is 2.44. The fourth-order valence-electron chi connectivity index (χ4n) is 1.98. The van der Waals surface area contributed by atoms with Crippen molar-refractivity contribution >= 4 is 11.9 Å². The van der Waals surface area contributed by atoms with Crippen LogP contribution < -0.4 is 14.2 Å². The maximum atomic E-state index is 11.5. The Labute approximate surface area is 121 Å². The summed E-state index contributed by atoms with van der Waals surface area (Å²) < 4.78 is 21.0. The van der Waals surface area contributed by atoms with E-state index < -0.39 is 24.0 Å². The van der Waals surface area contributed by atoms with E-state index in [0.29, 0.717) is 22.8 Å². The largest absolute Gasteiger partial charge is 0.493 e. The molecular weight excluding hydrogens is 280 g/mol. The third-order valence-electron chi connectivity index (χ3n) is 3.02. The van der Waals surface area contributed by atoms with Crippen LogP contribution in [0.1, 0.15) is 25.8 Å². The third kappa shape index (κ3) is 3.18. The summed E-state index contributed by atoms with van der Waals surface area (Å²) >= 11 is 0. The van der Waals surface area contributed by atoms with Gasteiger partial charge >= 0.3 is 11.9 Å². The molecule has 2 rings (SSSR count). The van der Waals surface area contributed by atoms with Crippen LogP contribution in [0.25, 0.3) is 0 Å². The first-order valence-corrected chi connectivity index (χ1v) is 6.25. The first-order chi connectivity index (χ1) is 9.83. The summed E-state index contributed by atoms with van der Waals surface area (Å²) in [6.45, 7) is 3.40. The molecule has 0 spiro atoms. The minimum atomic E-state index is -1.24. The van der Waals surface area contributed by atoms with Gasteiger partial charge in [-0.15, -0.1) is 0 Å². The number of rotatable bonds is 5. The molecule has 0 unspecified atom stereocenters. The molecule has 7 heteroatoms. The van der Waals surface area contributed by atoms with E-state index in [1.165, 1.54) is 7.11 Å². The van der Waals surface area contributed by atoms with Crippen LogP contribution in [-0.2, 0) is 19.9 Å². The molecule has 1 aliphatic heterocycles. The molecule has 21 heavy (non-hydrogen) atoms. The van der Waals surface area contributed by atoms with Gasteiger partial charge in [0.05, 0.1) is 7.11 Å². The average Bonchev–Trinajstić information content (AvgIpc) is 2.83. The number of hydrogen-bond donors (Lipinski definition) is 1. The number of carbonyl (C=O) groups is 2. The van der Waals surface area contributed by atoms with Crippen LogP contribution in [-0.4, -0.2) is 30.9 Å². The summed E-state index contributed by atoms with van der Waals surface area (Å²) in [6.07, 6.45) is -0.689. The molecule has 0 saturated heterocycles. The van der Waals surface area contributed by atoms with Crippen molar-refractivity contribution in [2.75, 3.05) is 13.9 Å². The second kappa shape index (κ2) is 5.51. The quantitative estimate of drug-likeness (QED) is 0.652. The maximum Gasteiger partial charge on any atom is 0.318 e. The van der Waals surface area contributed by atoms with E-state index in [4.69, 9.17) is 24.1 Å². The standard InChI is InChI=1S/C14H16O7/c1-14(2,21-12(17)6-11(15)16)8-4-9(18-3)13-10(5-8)19-7-20-13/h4-5H,6-7H2,1-3H3,(H,15,16). The lowest BCUT2D eigenvalue weighted by molar-refractivity contribution is -0.161. The van der Waals surface area contributed by atoms with Gasteiger partial charge in [-0.05, 0) is 26.0 Å². The Hall–Kier alpha value is -2.44. The normalized spacial score (nSPS) is 12.9. The van der Waals surface area contributed by atoms with Crippen molar-refractivity contribution < 1.29 is 33.6 Å². The first kappa shape index (κ1) is 15.0. The van der Waals surface area contributed by atoms with E-state index in [-0.39, 0.29) is 6.79 Å². The molecule has 0 aromatic heterocycles. The molecule has 1 aliphatic rings. The smallest absolute Gasteiger partial charge is 0.318 e. The number of ether oxygens (including phenoxy) is 4. The number of carboxylic acid groups (broad SMARTS) is 1. The highest BCUT2D eigenvalue weighted by Gasteiger charge is 2.30. The van der Waals surface area contributed by atoms with Crippen LogP contribution in [0.5, 0.6) is 17.2 Å². The van der Waals surface area contributed by atoms with E-state index in [2.05, 4.69) is 0 Å². The van der Waals surface area contributed by atoms with Gasteiger partial charge in [0.25, 0.3) is 0 Å². The SMILES string of the molecule is COc1cc(C(C)(C)OC(=O)CC(=O)O)cc2c1OCO2. The van der Waals surface area contributed by atoms with Crippen LogP contribution in [0.4, 0.5) is 0 Å². The Kier molecular flexibility index (Phi) is 3.93. The molecule has 0 bridgehead atoms. The molecule has 114 valence electrons. The number of esters is 1. The van der Waals surface area contributed by atoms with Gasteiger partial charge in [-0.25, -0.2) is 0 Å². The van der Waals surface area contributed by atoms with Crippen molar-refractivity contribution in [3.63, 3.8) is 0 Å². The van der Waals surface area contributed by atoms with Gasteiger partial charge in [-0.3, -0.25) is 9.59 Å². The van der Waals surface area contributed by atoms with Crippen molar-refractivity contribution in [1.82, 2.24) is 0 Å². The summed E-state index contributed by atoms with van der Waals surface area (Å²) in [5.74, 6) is -0.605.